The summed E-state index contributed by atoms with van der Waals surface area (Å²) >= 11 is 5.87. The first-order valence-corrected chi connectivity index (χ1v) is 11.9. The average molecular weight is 496 g/mol. The zero-order valence-electron chi connectivity index (χ0n) is 17.7. The van der Waals surface area contributed by atoms with Gasteiger partial charge in [0.2, 0.25) is 0 Å². The van der Waals surface area contributed by atoms with Crippen LogP contribution in [0.5, 0.6) is 0 Å². The van der Waals surface area contributed by atoms with Crippen molar-refractivity contribution in [2.45, 2.75) is 37.1 Å². The molecule has 0 unspecified atom stereocenters. The Labute approximate surface area is 194 Å². The number of carbonyl (C=O) groups is 1. The highest BCUT2D eigenvalue weighted by Gasteiger charge is 2.30. The van der Waals surface area contributed by atoms with Gasteiger partial charge in [-0.15, -0.1) is 0 Å². The first kappa shape index (κ1) is 23.1. The molecule has 0 fully saturated rings. The van der Waals surface area contributed by atoms with Crippen LogP contribution < -0.4 is 10.0 Å². The highest BCUT2D eigenvalue weighted by molar-refractivity contribution is 7.92. The van der Waals surface area contributed by atoms with Crippen molar-refractivity contribution in [3.63, 3.8) is 0 Å². The number of aryl methyl sites for hydroxylation is 1. The van der Waals surface area contributed by atoms with E-state index in [0.29, 0.717) is 18.5 Å². The summed E-state index contributed by atoms with van der Waals surface area (Å²) in [7, 11) is -2.73. The second-order valence-electron chi connectivity index (χ2n) is 7.67. The summed E-state index contributed by atoms with van der Waals surface area (Å²) in [6, 6.07) is 3.27. The molecule has 4 rings (SSSR count). The molecule has 174 valence electrons. The van der Waals surface area contributed by atoms with Gasteiger partial charge in [-0.25, -0.2) is 22.2 Å². The van der Waals surface area contributed by atoms with Gasteiger partial charge in [0.05, 0.1) is 28.4 Å². The number of nitrogens with one attached hydrogen (secondary N) is 2. The van der Waals surface area contributed by atoms with Crippen LogP contribution in [-0.2, 0) is 23.0 Å². The lowest BCUT2D eigenvalue weighted by Gasteiger charge is -2.26. The molecule has 33 heavy (non-hydrogen) atoms. The van der Waals surface area contributed by atoms with E-state index >= 15 is 4.39 Å². The third-order valence-electron chi connectivity index (χ3n) is 5.61. The molecule has 2 N–H and O–H groups in total. The number of amides is 1. The number of halogens is 3. The van der Waals surface area contributed by atoms with Gasteiger partial charge in [-0.1, -0.05) is 11.6 Å². The van der Waals surface area contributed by atoms with Crippen LogP contribution in [0, 0.1) is 18.6 Å². The maximum Gasteiger partial charge on any atom is 0.271 e. The normalized spacial score (nSPS) is 15.7. The summed E-state index contributed by atoms with van der Waals surface area (Å²) in [5.41, 5.74) is 0.544. The molecule has 8 nitrogen and oxygen atoms in total. The van der Waals surface area contributed by atoms with Crippen molar-refractivity contribution in [3.8, 4) is 0 Å². The Morgan fingerprint density at radius 3 is 2.76 bits per heavy atom. The predicted molar refractivity (Wildman–Crippen MR) is 118 cm³/mol. The molecule has 3 aromatic rings. The van der Waals surface area contributed by atoms with Crippen molar-refractivity contribution in [1.29, 1.82) is 0 Å². The zero-order valence-corrected chi connectivity index (χ0v) is 19.3. The second kappa shape index (κ2) is 8.71. The summed E-state index contributed by atoms with van der Waals surface area (Å²) in [5.74, 6) is -2.69. The summed E-state index contributed by atoms with van der Waals surface area (Å²) in [6.45, 7) is 1.68. The van der Waals surface area contributed by atoms with Gasteiger partial charge in [-0.2, -0.15) is 0 Å². The van der Waals surface area contributed by atoms with Crippen LogP contribution in [0.1, 0.15) is 39.8 Å². The van der Waals surface area contributed by atoms with Crippen molar-refractivity contribution in [2.24, 2.45) is 0 Å². The van der Waals surface area contributed by atoms with E-state index in [1.165, 1.54) is 32.6 Å². The molecular weight excluding hydrogens is 476 g/mol. The molecule has 0 spiro atoms. The summed E-state index contributed by atoms with van der Waals surface area (Å²) < 4.78 is 59.7. The SMILES string of the molecule is CNC(=O)c1ncn2c1CC[C@@H](c1c(F)ccc(NS(=O)(=O)c3cc(Cl)cnc3C)c1F)C2. The van der Waals surface area contributed by atoms with Gasteiger partial charge >= 0.3 is 0 Å². The molecule has 1 aromatic carbocycles. The molecule has 1 amide bonds. The molecule has 3 heterocycles. The number of benzene rings is 1. The zero-order chi connectivity index (χ0) is 23.9. The number of carbonyl (C=O) groups excluding carboxylic acids is 1. The van der Waals surface area contributed by atoms with Crippen molar-refractivity contribution in [1.82, 2.24) is 19.9 Å². The molecule has 0 saturated heterocycles. The smallest absolute Gasteiger partial charge is 0.271 e. The lowest BCUT2D eigenvalue weighted by Crippen LogP contribution is -2.25. The lowest BCUT2D eigenvalue weighted by atomic mass is 9.89. The minimum absolute atomic E-state index is 0.107. The first-order valence-electron chi connectivity index (χ1n) is 10.0. The molecule has 2 aromatic heterocycles. The van der Waals surface area contributed by atoms with E-state index in [2.05, 4.69) is 20.0 Å². The number of hydrogen-bond donors (Lipinski definition) is 2. The molecule has 1 atom stereocenters. The maximum absolute atomic E-state index is 15.4. The molecule has 1 aliphatic rings. The van der Waals surface area contributed by atoms with E-state index in [9.17, 15) is 17.6 Å². The molecule has 0 aliphatic carbocycles. The summed E-state index contributed by atoms with van der Waals surface area (Å²) in [6.07, 6.45) is 3.51. The molecule has 1 aliphatic heterocycles. The standard InChI is InChI=1S/C21H20ClF2N5O3S/c1-11-17(7-13(22)8-26-11)33(31,32)28-15-5-4-14(23)18(19(15)24)12-3-6-16-20(21(30)25-2)27-10-29(16)9-12/h4-5,7-8,10,12,28H,3,6,9H2,1-2H3,(H,25,30)/t12-/m1/s1. The van der Waals surface area contributed by atoms with Crippen LogP contribution in [0.15, 0.2) is 35.6 Å². The average Bonchev–Trinajstić information content (AvgIpc) is 3.20. The number of aromatic nitrogens is 3. The number of pyridine rings is 1. The summed E-state index contributed by atoms with van der Waals surface area (Å²) in [5, 5.41) is 2.62. The number of hydrogen-bond acceptors (Lipinski definition) is 5. The highest BCUT2D eigenvalue weighted by atomic mass is 35.5. The number of rotatable bonds is 5. The monoisotopic (exact) mass is 495 g/mol. The van der Waals surface area contributed by atoms with Crippen LogP contribution in [0.3, 0.4) is 0 Å². The van der Waals surface area contributed by atoms with Gasteiger partial charge in [0.25, 0.3) is 15.9 Å². The van der Waals surface area contributed by atoms with E-state index in [1.54, 1.807) is 4.57 Å². The number of anilines is 1. The molecule has 0 bridgehead atoms. The Bertz CT molecular complexity index is 1360. The Morgan fingerprint density at radius 2 is 2.03 bits per heavy atom. The van der Waals surface area contributed by atoms with Crippen molar-refractivity contribution < 1.29 is 22.0 Å². The quantitative estimate of drug-likeness (QED) is 0.564. The Morgan fingerprint density at radius 1 is 1.27 bits per heavy atom. The number of fused-ring (bicyclic) bond motifs is 1. The fourth-order valence-corrected chi connectivity index (χ4v) is 5.50. The second-order valence-corrected chi connectivity index (χ2v) is 9.76. The van der Waals surface area contributed by atoms with E-state index in [0.717, 1.165) is 12.1 Å². The van der Waals surface area contributed by atoms with Crippen LogP contribution in [0.4, 0.5) is 14.5 Å². The minimum atomic E-state index is -4.23. The number of imidazole rings is 1. The van der Waals surface area contributed by atoms with Gasteiger partial charge in [0.1, 0.15) is 16.4 Å². The predicted octanol–water partition coefficient (Wildman–Crippen LogP) is 3.41. The Balaban J connectivity index is 1.66. The van der Waals surface area contributed by atoms with Crippen molar-refractivity contribution in [3.05, 3.63) is 70.0 Å². The lowest BCUT2D eigenvalue weighted by molar-refractivity contribution is 0.0957. The number of nitrogens with zero attached hydrogens (tertiary/aromatic N) is 3. The van der Waals surface area contributed by atoms with Gasteiger partial charge in [-0.3, -0.25) is 14.5 Å². The largest absolute Gasteiger partial charge is 0.354 e. The Hall–Kier alpha value is -3.05. The maximum atomic E-state index is 15.4. The highest BCUT2D eigenvalue weighted by Crippen LogP contribution is 2.36. The van der Waals surface area contributed by atoms with Gasteiger partial charge in [-0.05, 0) is 38.0 Å². The first-order chi connectivity index (χ1) is 15.6. The van der Waals surface area contributed by atoms with E-state index in [1.807, 2.05) is 0 Å². The molecule has 12 heteroatoms. The van der Waals surface area contributed by atoms with Crippen LogP contribution in [-0.4, -0.2) is 35.9 Å². The van der Waals surface area contributed by atoms with E-state index in [-0.39, 0.29) is 45.0 Å². The summed E-state index contributed by atoms with van der Waals surface area (Å²) in [4.78, 5) is 19.8. The molecule has 0 radical (unpaired) electrons. The van der Waals surface area contributed by atoms with Crippen molar-refractivity contribution in [2.75, 3.05) is 11.8 Å². The van der Waals surface area contributed by atoms with Crippen LogP contribution >= 0.6 is 11.6 Å². The van der Waals surface area contributed by atoms with E-state index in [4.69, 9.17) is 11.6 Å². The van der Waals surface area contributed by atoms with E-state index < -0.39 is 27.6 Å². The van der Waals surface area contributed by atoms with Gasteiger partial charge in [0.15, 0.2) is 5.82 Å². The van der Waals surface area contributed by atoms with Crippen LogP contribution in [0.25, 0.3) is 0 Å². The van der Waals surface area contributed by atoms with Crippen LogP contribution in [0.2, 0.25) is 5.02 Å². The third-order valence-corrected chi connectivity index (χ3v) is 7.30. The Kier molecular flexibility index (Phi) is 6.10. The molecule has 0 saturated carbocycles. The van der Waals surface area contributed by atoms with Crippen molar-refractivity contribution >= 4 is 33.2 Å². The minimum Gasteiger partial charge on any atom is -0.354 e. The fourth-order valence-electron chi connectivity index (χ4n) is 3.99. The topological polar surface area (TPSA) is 106 Å². The third kappa shape index (κ3) is 4.30. The fraction of sp³-hybridized carbons (Fsp3) is 0.286. The van der Waals surface area contributed by atoms with Gasteiger partial charge < -0.3 is 9.88 Å². The van der Waals surface area contributed by atoms with Gasteiger partial charge in [0, 0.05) is 31.3 Å². The molecular formula is C21H20ClF2N5O3S. The number of sulfonamides is 1.